The first kappa shape index (κ1) is 19.2. The van der Waals surface area contributed by atoms with E-state index >= 15 is 0 Å². The van der Waals surface area contributed by atoms with Crippen molar-refractivity contribution in [3.63, 3.8) is 0 Å². The fraction of sp³-hybridized carbons (Fsp3) is 0.826. The highest BCUT2D eigenvalue weighted by Crippen LogP contribution is 2.67. The lowest BCUT2D eigenvalue weighted by atomic mass is 9.46. The molecular formula is C23H34O4. The number of carbonyl (C=O) groups is 2. The van der Waals surface area contributed by atoms with Crippen molar-refractivity contribution < 1.29 is 19.4 Å². The van der Waals surface area contributed by atoms with Gasteiger partial charge in [-0.25, -0.2) is 4.79 Å². The number of fused-ring (bicyclic) bond motifs is 5. The molecule has 1 N–H and O–H groups in total. The van der Waals surface area contributed by atoms with Crippen LogP contribution in [0, 0.1) is 34.5 Å². The van der Waals surface area contributed by atoms with Gasteiger partial charge in [0.1, 0.15) is 6.61 Å². The topological polar surface area (TPSA) is 63.6 Å². The lowest BCUT2D eigenvalue weighted by molar-refractivity contribution is -0.147. The van der Waals surface area contributed by atoms with E-state index in [-0.39, 0.29) is 23.5 Å². The molecule has 0 spiro atoms. The van der Waals surface area contributed by atoms with Crippen LogP contribution in [0.25, 0.3) is 0 Å². The summed E-state index contributed by atoms with van der Waals surface area (Å²) in [5.74, 6) is 2.07. The Labute approximate surface area is 162 Å². The lowest BCUT2D eigenvalue weighted by Gasteiger charge is -2.58. The molecule has 0 radical (unpaired) electrons. The van der Waals surface area contributed by atoms with E-state index in [1.165, 1.54) is 31.3 Å². The Kier molecular flexibility index (Phi) is 4.77. The quantitative estimate of drug-likeness (QED) is 0.779. The third-order valence-corrected chi connectivity index (χ3v) is 9.07. The molecule has 0 unspecified atom stereocenters. The molecule has 4 nitrogen and oxygen atoms in total. The van der Waals surface area contributed by atoms with Crippen LogP contribution >= 0.6 is 0 Å². The van der Waals surface area contributed by atoms with Crippen molar-refractivity contribution in [2.24, 2.45) is 34.5 Å². The molecule has 3 saturated carbocycles. The highest BCUT2D eigenvalue weighted by molar-refractivity contribution is 5.91. The molecule has 150 valence electrons. The van der Waals surface area contributed by atoms with Gasteiger partial charge >= 0.3 is 5.97 Å². The number of hydrogen-bond acceptors (Lipinski definition) is 3. The molecule has 0 amide bonds. The second-order valence-electron chi connectivity index (χ2n) is 10.1. The zero-order valence-electron chi connectivity index (χ0n) is 17.0. The molecule has 4 heteroatoms. The van der Waals surface area contributed by atoms with E-state index in [9.17, 15) is 9.59 Å². The molecule has 7 atom stereocenters. The zero-order chi connectivity index (χ0) is 19.4. The number of carbonyl (C=O) groups excluding carboxylic acids is 1. The largest absolute Gasteiger partial charge is 0.480 e. The Hall–Kier alpha value is -1.16. The van der Waals surface area contributed by atoms with Crippen LogP contribution in [0.15, 0.2) is 11.6 Å². The maximum atomic E-state index is 11.9. The fourth-order valence-electron chi connectivity index (χ4n) is 7.69. The minimum Gasteiger partial charge on any atom is -0.480 e. The van der Waals surface area contributed by atoms with Crippen LogP contribution in [0.3, 0.4) is 0 Å². The van der Waals surface area contributed by atoms with Crippen molar-refractivity contribution in [3.8, 4) is 0 Å². The number of ketones is 1. The number of ether oxygens (including phenoxy) is 1. The summed E-state index contributed by atoms with van der Waals surface area (Å²) >= 11 is 0. The van der Waals surface area contributed by atoms with Gasteiger partial charge in [-0.1, -0.05) is 19.4 Å². The molecule has 0 bridgehead atoms. The average molecular weight is 375 g/mol. The number of hydrogen-bond donors (Lipinski definition) is 1. The van der Waals surface area contributed by atoms with Gasteiger partial charge in [0, 0.05) is 6.42 Å². The van der Waals surface area contributed by atoms with Gasteiger partial charge < -0.3 is 9.84 Å². The summed E-state index contributed by atoms with van der Waals surface area (Å²) in [5.41, 5.74) is 1.92. The molecule has 4 aliphatic carbocycles. The molecule has 4 rings (SSSR count). The van der Waals surface area contributed by atoms with Crippen LogP contribution in [-0.4, -0.2) is 29.6 Å². The van der Waals surface area contributed by atoms with Gasteiger partial charge in [-0.2, -0.15) is 0 Å². The molecule has 0 heterocycles. The first-order valence-electron chi connectivity index (χ1n) is 10.8. The third-order valence-electron chi connectivity index (χ3n) is 9.07. The van der Waals surface area contributed by atoms with E-state index in [1.54, 1.807) is 0 Å². The normalized spacial score (nSPS) is 44.7. The van der Waals surface area contributed by atoms with Crippen LogP contribution in [0.1, 0.15) is 72.1 Å². The van der Waals surface area contributed by atoms with Crippen molar-refractivity contribution in [1.29, 1.82) is 0 Å². The number of carboxylic acid groups (broad SMARTS) is 1. The predicted octanol–water partition coefficient (Wildman–Crippen LogP) is 4.62. The highest BCUT2D eigenvalue weighted by atomic mass is 16.5. The van der Waals surface area contributed by atoms with Crippen LogP contribution < -0.4 is 0 Å². The van der Waals surface area contributed by atoms with Gasteiger partial charge in [0.15, 0.2) is 5.78 Å². The van der Waals surface area contributed by atoms with Gasteiger partial charge in [0.25, 0.3) is 0 Å². The SMILES string of the molecule is C[C@H](OCC(=O)O)[C@H]1CC[C@H]2[C@@H]3CCC4=CC(=O)CC[C@]4(C)[C@H]3CC[C@]12C. The molecular weight excluding hydrogens is 340 g/mol. The van der Waals surface area contributed by atoms with E-state index < -0.39 is 5.97 Å². The van der Waals surface area contributed by atoms with Crippen molar-refractivity contribution in [2.45, 2.75) is 78.2 Å². The van der Waals surface area contributed by atoms with Gasteiger partial charge in [0.2, 0.25) is 0 Å². The van der Waals surface area contributed by atoms with Crippen molar-refractivity contribution >= 4 is 11.8 Å². The zero-order valence-corrected chi connectivity index (χ0v) is 17.0. The van der Waals surface area contributed by atoms with Gasteiger partial charge in [-0.05, 0) is 92.4 Å². The minimum atomic E-state index is -0.878. The molecule has 27 heavy (non-hydrogen) atoms. The van der Waals surface area contributed by atoms with Crippen LogP contribution in [0.4, 0.5) is 0 Å². The first-order valence-corrected chi connectivity index (χ1v) is 10.8. The highest BCUT2D eigenvalue weighted by Gasteiger charge is 2.59. The predicted molar refractivity (Wildman–Crippen MR) is 103 cm³/mol. The summed E-state index contributed by atoms with van der Waals surface area (Å²) in [4.78, 5) is 22.9. The van der Waals surface area contributed by atoms with Crippen LogP contribution in [-0.2, 0) is 14.3 Å². The molecule has 0 aromatic carbocycles. The van der Waals surface area contributed by atoms with Gasteiger partial charge in [-0.15, -0.1) is 0 Å². The second-order valence-corrected chi connectivity index (χ2v) is 10.1. The van der Waals surface area contributed by atoms with Crippen molar-refractivity contribution in [2.75, 3.05) is 6.61 Å². The number of rotatable bonds is 4. The second kappa shape index (κ2) is 6.72. The summed E-state index contributed by atoms with van der Waals surface area (Å²) in [6.07, 6.45) is 10.9. The maximum absolute atomic E-state index is 11.9. The van der Waals surface area contributed by atoms with Crippen LogP contribution in [0.5, 0.6) is 0 Å². The van der Waals surface area contributed by atoms with E-state index in [0.717, 1.165) is 25.2 Å². The fourth-order valence-corrected chi connectivity index (χ4v) is 7.69. The molecule has 4 aliphatic rings. The lowest BCUT2D eigenvalue weighted by Crippen LogP contribution is -2.51. The Morgan fingerprint density at radius 2 is 1.96 bits per heavy atom. The van der Waals surface area contributed by atoms with Gasteiger partial charge in [0.05, 0.1) is 6.10 Å². The Bertz CT molecular complexity index is 667. The standard InChI is InChI=1S/C23H34O4/c1-14(27-13-21(25)26)18-6-7-19-17-5-4-15-12-16(24)8-10-22(15,2)20(17)9-11-23(18,19)3/h12,14,17-20H,4-11,13H2,1-3H3,(H,25,26)/t14-,17-,18+,19-,20-,22-,23+/m0/s1. The molecule has 0 aliphatic heterocycles. The number of allylic oxidation sites excluding steroid dienone is 1. The molecule has 0 aromatic rings. The van der Waals surface area contributed by atoms with E-state index in [4.69, 9.17) is 9.84 Å². The summed E-state index contributed by atoms with van der Waals surface area (Å²) in [6, 6.07) is 0. The number of aliphatic carboxylic acids is 1. The Balaban J connectivity index is 1.55. The smallest absolute Gasteiger partial charge is 0.329 e. The van der Waals surface area contributed by atoms with E-state index in [2.05, 4.69) is 20.8 Å². The molecule has 0 aromatic heterocycles. The summed E-state index contributed by atoms with van der Waals surface area (Å²) in [6.45, 7) is 6.76. The van der Waals surface area contributed by atoms with E-state index in [0.29, 0.717) is 30.0 Å². The monoisotopic (exact) mass is 374 g/mol. The Morgan fingerprint density at radius 1 is 1.19 bits per heavy atom. The average Bonchev–Trinajstić information content (AvgIpc) is 2.97. The van der Waals surface area contributed by atoms with Crippen molar-refractivity contribution in [1.82, 2.24) is 0 Å². The summed E-state index contributed by atoms with van der Waals surface area (Å²) in [7, 11) is 0. The minimum absolute atomic E-state index is 0.00888. The Morgan fingerprint density at radius 3 is 2.70 bits per heavy atom. The maximum Gasteiger partial charge on any atom is 0.329 e. The summed E-state index contributed by atoms with van der Waals surface area (Å²) in [5, 5.41) is 8.96. The van der Waals surface area contributed by atoms with Crippen LogP contribution in [0.2, 0.25) is 0 Å². The molecule has 0 saturated heterocycles. The van der Waals surface area contributed by atoms with E-state index in [1.807, 2.05) is 6.08 Å². The van der Waals surface area contributed by atoms with Gasteiger partial charge in [-0.3, -0.25) is 4.79 Å². The van der Waals surface area contributed by atoms with Crippen molar-refractivity contribution in [3.05, 3.63) is 11.6 Å². The summed E-state index contributed by atoms with van der Waals surface area (Å²) < 4.78 is 5.71. The molecule has 3 fully saturated rings. The third kappa shape index (κ3) is 2.99. The first-order chi connectivity index (χ1) is 12.8. The number of carboxylic acids is 1.